The molecule has 6 heteroatoms. The summed E-state index contributed by atoms with van der Waals surface area (Å²) in [4.78, 5) is 25.1. The van der Waals surface area contributed by atoms with Crippen molar-refractivity contribution in [3.63, 3.8) is 0 Å². The van der Waals surface area contributed by atoms with E-state index in [1.165, 1.54) is 4.90 Å². The number of nitrogens with two attached hydrogens (primary N) is 1. The van der Waals surface area contributed by atoms with Gasteiger partial charge in [-0.1, -0.05) is 18.2 Å². The third kappa shape index (κ3) is 5.63. The minimum absolute atomic E-state index is 0.000690. The molecule has 0 aliphatic rings. The SMILES string of the molecule is CSCC[C@H](N)C(=O)N(C)CC(=O)Nc1ccccc1. The zero-order chi connectivity index (χ0) is 15.0. The molecule has 0 saturated carbocycles. The number of para-hydroxylation sites is 1. The lowest BCUT2D eigenvalue weighted by atomic mass is 10.2. The number of carbonyl (C=O) groups is 2. The van der Waals surface area contributed by atoms with E-state index < -0.39 is 6.04 Å². The van der Waals surface area contributed by atoms with Gasteiger partial charge >= 0.3 is 0 Å². The summed E-state index contributed by atoms with van der Waals surface area (Å²) in [6.45, 7) is 0.000690. The molecule has 2 amide bonds. The summed E-state index contributed by atoms with van der Waals surface area (Å²) >= 11 is 1.64. The van der Waals surface area contributed by atoms with E-state index in [2.05, 4.69) is 5.32 Å². The number of carbonyl (C=O) groups excluding carboxylic acids is 2. The van der Waals surface area contributed by atoms with Gasteiger partial charge in [-0.15, -0.1) is 0 Å². The Hall–Kier alpha value is -1.53. The molecule has 3 N–H and O–H groups in total. The van der Waals surface area contributed by atoms with Crippen molar-refractivity contribution in [3.8, 4) is 0 Å². The Balaban J connectivity index is 2.42. The molecule has 1 aromatic rings. The normalized spacial score (nSPS) is 11.8. The molecule has 0 radical (unpaired) electrons. The van der Waals surface area contributed by atoms with E-state index in [1.807, 2.05) is 24.5 Å². The molecule has 1 aromatic carbocycles. The predicted octanol–water partition coefficient (Wildman–Crippen LogP) is 1.16. The summed E-state index contributed by atoms with van der Waals surface area (Å²) in [7, 11) is 1.59. The summed E-state index contributed by atoms with van der Waals surface area (Å²) in [5.74, 6) is 0.392. The Labute approximate surface area is 123 Å². The molecule has 0 aliphatic heterocycles. The number of hydrogen-bond acceptors (Lipinski definition) is 4. The van der Waals surface area contributed by atoms with Gasteiger partial charge < -0.3 is 16.0 Å². The number of amides is 2. The smallest absolute Gasteiger partial charge is 0.243 e. The second-order valence-electron chi connectivity index (χ2n) is 4.50. The Morgan fingerprint density at radius 3 is 2.60 bits per heavy atom. The van der Waals surface area contributed by atoms with Crippen molar-refractivity contribution in [2.75, 3.05) is 30.9 Å². The molecule has 0 spiro atoms. The molecule has 1 atom stereocenters. The average Bonchev–Trinajstić information content (AvgIpc) is 2.44. The number of benzene rings is 1. The monoisotopic (exact) mass is 295 g/mol. The summed E-state index contributed by atoms with van der Waals surface area (Å²) in [6.07, 6.45) is 2.58. The van der Waals surface area contributed by atoms with E-state index in [0.717, 1.165) is 5.75 Å². The number of nitrogens with zero attached hydrogens (tertiary/aromatic N) is 1. The van der Waals surface area contributed by atoms with Crippen LogP contribution in [0.1, 0.15) is 6.42 Å². The second kappa shape index (κ2) is 8.60. The Morgan fingerprint density at radius 2 is 2.00 bits per heavy atom. The zero-order valence-electron chi connectivity index (χ0n) is 11.8. The first-order valence-corrected chi connectivity index (χ1v) is 7.78. The molecule has 0 aromatic heterocycles. The van der Waals surface area contributed by atoms with Gasteiger partial charge in [0.2, 0.25) is 11.8 Å². The fourth-order valence-corrected chi connectivity index (χ4v) is 2.16. The van der Waals surface area contributed by atoms with Crippen LogP contribution in [0.25, 0.3) is 0 Å². The number of hydrogen-bond donors (Lipinski definition) is 2. The fraction of sp³-hybridized carbons (Fsp3) is 0.429. The molecule has 0 unspecified atom stereocenters. The first kappa shape index (κ1) is 16.5. The highest BCUT2D eigenvalue weighted by Gasteiger charge is 2.19. The summed E-state index contributed by atoms with van der Waals surface area (Å²) in [5.41, 5.74) is 6.51. The molecule has 20 heavy (non-hydrogen) atoms. The van der Waals surface area contributed by atoms with E-state index in [9.17, 15) is 9.59 Å². The third-order valence-corrected chi connectivity index (χ3v) is 3.41. The van der Waals surface area contributed by atoms with Gasteiger partial charge in [-0.05, 0) is 30.6 Å². The molecule has 0 aliphatic carbocycles. The van der Waals surface area contributed by atoms with Gasteiger partial charge in [0.15, 0.2) is 0 Å². The van der Waals surface area contributed by atoms with Crippen molar-refractivity contribution < 1.29 is 9.59 Å². The minimum atomic E-state index is -0.544. The lowest BCUT2D eigenvalue weighted by Crippen LogP contribution is -2.45. The van der Waals surface area contributed by atoms with E-state index in [-0.39, 0.29) is 18.4 Å². The maximum atomic E-state index is 11.9. The molecule has 110 valence electrons. The van der Waals surface area contributed by atoms with Gasteiger partial charge in [-0.25, -0.2) is 0 Å². The second-order valence-corrected chi connectivity index (χ2v) is 5.48. The predicted molar refractivity (Wildman–Crippen MR) is 83.7 cm³/mol. The number of nitrogens with one attached hydrogen (secondary N) is 1. The van der Waals surface area contributed by atoms with Crippen LogP contribution < -0.4 is 11.1 Å². The molecule has 0 fully saturated rings. The highest BCUT2D eigenvalue weighted by Crippen LogP contribution is 2.05. The average molecular weight is 295 g/mol. The number of thioether (sulfide) groups is 1. The lowest BCUT2D eigenvalue weighted by molar-refractivity contribution is -0.134. The molecular formula is C14H21N3O2S. The molecule has 1 rings (SSSR count). The van der Waals surface area contributed by atoms with Crippen LogP contribution >= 0.6 is 11.8 Å². The van der Waals surface area contributed by atoms with Crippen LogP contribution in [0, 0.1) is 0 Å². The lowest BCUT2D eigenvalue weighted by Gasteiger charge is -2.20. The van der Waals surface area contributed by atoms with Gasteiger partial charge in [0.25, 0.3) is 0 Å². The van der Waals surface area contributed by atoms with Crippen LogP contribution in [0.4, 0.5) is 5.69 Å². The Bertz CT molecular complexity index is 439. The van der Waals surface area contributed by atoms with Crippen LogP contribution in [0.15, 0.2) is 30.3 Å². The quantitative estimate of drug-likeness (QED) is 0.791. The zero-order valence-corrected chi connectivity index (χ0v) is 12.7. The van der Waals surface area contributed by atoms with Gasteiger partial charge in [0.05, 0.1) is 12.6 Å². The maximum Gasteiger partial charge on any atom is 0.243 e. The summed E-state index contributed by atoms with van der Waals surface area (Å²) < 4.78 is 0. The van der Waals surface area contributed by atoms with Crippen molar-refractivity contribution in [3.05, 3.63) is 30.3 Å². The van der Waals surface area contributed by atoms with E-state index in [0.29, 0.717) is 12.1 Å². The Kier molecular flexibility index (Phi) is 7.11. The molecule has 5 nitrogen and oxygen atoms in total. The molecule has 0 heterocycles. The number of rotatable bonds is 7. The highest BCUT2D eigenvalue weighted by atomic mass is 32.2. The first-order chi connectivity index (χ1) is 9.54. The topological polar surface area (TPSA) is 75.4 Å². The van der Waals surface area contributed by atoms with Crippen LogP contribution in [0.3, 0.4) is 0 Å². The standard InChI is InChI=1S/C14H21N3O2S/c1-17(14(19)12(15)8-9-20-2)10-13(18)16-11-6-4-3-5-7-11/h3-7,12H,8-10,15H2,1-2H3,(H,16,18)/t12-/m0/s1. The first-order valence-electron chi connectivity index (χ1n) is 6.39. The van der Waals surface area contributed by atoms with E-state index in [1.54, 1.807) is 30.9 Å². The van der Waals surface area contributed by atoms with Gasteiger partial charge in [-0.2, -0.15) is 11.8 Å². The minimum Gasteiger partial charge on any atom is -0.335 e. The summed E-state index contributed by atoms with van der Waals surface area (Å²) in [5, 5.41) is 2.73. The maximum absolute atomic E-state index is 11.9. The molecule has 0 bridgehead atoms. The van der Waals surface area contributed by atoms with Gasteiger partial charge in [0.1, 0.15) is 0 Å². The van der Waals surface area contributed by atoms with Crippen LogP contribution in [-0.2, 0) is 9.59 Å². The van der Waals surface area contributed by atoms with Crippen LogP contribution in [-0.4, -0.2) is 48.4 Å². The molecule has 0 saturated heterocycles. The van der Waals surface area contributed by atoms with Crippen molar-refractivity contribution in [1.82, 2.24) is 4.90 Å². The van der Waals surface area contributed by atoms with E-state index in [4.69, 9.17) is 5.73 Å². The van der Waals surface area contributed by atoms with Crippen LogP contribution in [0.5, 0.6) is 0 Å². The van der Waals surface area contributed by atoms with Crippen molar-refractivity contribution in [2.45, 2.75) is 12.5 Å². The van der Waals surface area contributed by atoms with Crippen molar-refractivity contribution in [2.24, 2.45) is 5.73 Å². The number of likely N-dealkylation sites (N-methyl/N-ethyl adjacent to an activating group) is 1. The highest BCUT2D eigenvalue weighted by molar-refractivity contribution is 7.98. The largest absolute Gasteiger partial charge is 0.335 e. The van der Waals surface area contributed by atoms with E-state index >= 15 is 0 Å². The summed E-state index contributed by atoms with van der Waals surface area (Å²) in [6, 6.07) is 8.59. The van der Waals surface area contributed by atoms with Crippen LogP contribution in [0.2, 0.25) is 0 Å². The molecular weight excluding hydrogens is 274 g/mol. The van der Waals surface area contributed by atoms with Gasteiger partial charge in [0, 0.05) is 12.7 Å². The fourth-order valence-electron chi connectivity index (χ4n) is 1.67. The van der Waals surface area contributed by atoms with Crippen molar-refractivity contribution in [1.29, 1.82) is 0 Å². The number of anilines is 1. The van der Waals surface area contributed by atoms with Crippen molar-refractivity contribution >= 4 is 29.3 Å². The Morgan fingerprint density at radius 1 is 1.35 bits per heavy atom. The third-order valence-electron chi connectivity index (χ3n) is 2.76. The van der Waals surface area contributed by atoms with Gasteiger partial charge in [-0.3, -0.25) is 9.59 Å².